The molecule has 0 amide bonds. The fourth-order valence-electron chi connectivity index (χ4n) is 1.70. The highest BCUT2D eigenvalue weighted by molar-refractivity contribution is 5.58. The van der Waals surface area contributed by atoms with Gasteiger partial charge in [0.05, 0.1) is 0 Å². The van der Waals surface area contributed by atoms with Gasteiger partial charge in [-0.05, 0) is 49.4 Å². The van der Waals surface area contributed by atoms with Gasteiger partial charge in [-0.3, -0.25) is 0 Å². The molecular formula is C12H17N. The van der Waals surface area contributed by atoms with Gasteiger partial charge in [0, 0.05) is 5.69 Å². The molecule has 0 saturated heterocycles. The molecule has 1 heteroatoms. The molecule has 0 aromatic heterocycles. The Morgan fingerprint density at radius 3 is 2.46 bits per heavy atom. The monoisotopic (exact) mass is 175 g/mol. The summed E-state index contributed by atoms with van der Waals surface area (Å²) in [7, 11) is 0. The van der Waals surface area contributed by atoms with Gasteiger partial charge >= 0.3 is 0 Å². The third-order valence-electron chi connectivity index (χ3n) is 2.54. The summed E-state index contributed by atoms with van der Waals surface area (Å²) < 4.78 is 0. The highest BCUT2D eigenvalue weighted by atomic mass is 14.6. The van der Waals surface area contributed by atoms with Crippen LogP contribution in [0.4, 0.5) is 5.69 Å². The molecule has 1 aromatic rings. The Morgan fingerprint density at radius 1 is 1.31 bits per heavy atom. The fourth-order valence-corrected chi connectivity index (χ4v) is 1.70. The Labute approximate surface area is 80.3 Å². The van der Waals surface area contributed by atoms with E-state index in [9.17, 15) is 0 Å². The van der Waals surface area contributed by atoms with E-state index in [1.165, 1.54) is 22.3 Å². The SMILES string of the molecule is C=CCc1c(C)cc(C)c(N)c1C. The van der Waals surface area contributed by atoms with E-state index in [-0.39, 0.29) is 0 Å². The first-order valence-corrected chi connectivity index (χ1v) is 4.54. The maximum Gasteiger partial charge on any atom is 0.0376 e. The minimum atomic E-state index is 0.905. The second-order valence-corrected chi connectivity index (χ2v) is 3.52. The van der Waals surface area contributed by atoms with Crippen molar-refractivity contribution in [2.45, 2.75) is 27.2 Å². The fraction of sp³-hybridized carbons (Fsp3) is 0.333. The van der Waals surface area contributed by atoms with Gasteiger partial charge in [-0.2, -0.15) is 0 Å². The number of allylic oxidation sites excluding steroid dienone is 1. The van der Waals surface area contributed by atoms with E-state index in [1.807, 2.05) is 13.0 Å². The normalized spacial score (nSPS) is 10.1. The molecule has 1 aromatic carbocycles. The van der Waals surface area contributed by atoms with Crippen molar-refractivity contribution in [2.24, 2.45) is 0 Å². The molecule has 0 atom stereocenters. The van der Waals surface area contributed by atoms with Crippen molar-refractivity contribution in [2.75, 3.05) is 5.73 Å². The van der Waals surface area contributed by atoms with Crippen LogP contribution in [-0.2, 0) is 6.42 Å². The molecule has 0 saturated carbocycles. The van der Waals surface area contributed by atoms with Gasteiger partial charge in [-0.1, -0.05) is 12.1 Å². The number of rotatable bonds is 2. The molecule has 70 valence electrons. The van der Waals surface area contributed by atoms with Crippen LogP contribution in [0, 0.1) is 20.8 Å². The molecule has 0 aliphatic rings. The zero-order valence-corrected chi connectivity index (χ0v) is 8.65. The van der Waals surface area contributed by atoms with E-state index in [0.29, 0.717) is 0 Å². The van der Waals surface area contributed by atoms with Crippen LogP contribution in [-0.4, -0.2) is 0 Å². The highest BCUT2D eigenvalue weighted by Gasteiger charge is 2.06. The van der Waals surface area contributed by atoms with Gasteiger partial charge in [-0.15, -0.1) is 6.58 Å². The van der Waals surface area contributed by atoms with Crippen LogP contribution in [0.15, 0.2) is 18.7 Å². The van der Waals surface area contributed by atoms with Gasteiger partial charge < -0.3 is 5.73 Å². The Morgan fingerprint density at radius 2 is 1.92 bits per heavy atom. The van der Waals surface area contributed by atoms with Crippen molar-refractivity contribution in [3.8, 4) is 0 Å². The lowest BCUT2D eigenvalue weighted by molar-refractivity contribution is 1.16. The summed E-state index contributed by atoms with van der Waals surface area (Å²) in [4.78, 5) is 0. The molecule has 0 heterocycles. The lowest BCUT2D eigenvalue weighted by atomic mass is 9.95. The Hall–Kier alpha value is -1.24. The van der Waals surface area contributed by atoms with E-state index in [0.717, 1.165) is 12.1 Å². The third kappa shape index (κ3) is 1.74. The smallest absolute Gasteiger partial charge is 0.0376 e. The van der Waals surface area contributed by atoms with Crippen molar-refractivity contribution in [3.63, 3.8) is 0 Å². The van der Waals surface area contributed by atoms with Crippen molar-refractivity contribution in [3.05, 3.63) is 41.0 Å². The molecule has 1 nitrogen and oxygen atoms in total. The van der Waals surface area contributed by atoms with Gasteiger partial charge in [0.25, 0.3) is 0 Å². The second kappa shape index (κ2) is 3.65. The Kier molecular flexibility index (Phi) is 2.76. The highest BCUT2D eigenvalue weighted by Crippen LogP contribution is 2.24. The first-order chi connectivity index (χ1) is 6.07. The summed E-state index contributed by atoms with van der Waals surface area (Å²) in [5.74, 6) is 0. The lowest BCUT2D eigenvalue weighted by Crippen LogP contribution is -2.00. The van der Waals surface area contributed by atoms with Crippen molar-refractivity contribution < 1.29 is 0 Å². The molecule has 13 heavy (non-hydrogen) atoms. The van der Waals surface area contributed by atoms with Gasteiger partial charge in [-0.25, -0.2) is 0 Å². The molecule has 0 aliphatic carbocycles. The first kappa shape index (κ1) is 9.85. The molecule has 2 N–H and O–H groups in total. The summed E-state index contributed by atoms with van der Waals surface area (Å²) in [5, 5.41) is 0. The van der Waals surface area contributed by atoms with E-state index < -0.39 is 0 Å². The largest absolute Gasteiger partial charge is 0.398 e. The number of anilines is 1. The van der Waals surface area contributed by atoms with E-state index in [2.05, 4.69) is 26.5 Å². The number of nitrogen functional groups attached to an aromatic ring is 1. The molecular weight excluding hydrogens is 158 g/mol. The molecule has 0 fully saturated rings. The van der Waals surface area contributed by atoms with Crippen LogP contribution in [0.3, 0.4) is 0 Å². The summed E-state index contributed by atoms with van der Waals surface area (Å²) in [6.07, 6.45) is 2.83. The number of hydrogen-bond acceptors (Lipinski definition) is 1. The maximum atomic E-state index is 5.95. The van der Waals surface area contributed by atoms with Crippen LogP contribution in [0.1, 0.15) is 22.3 Å². The van der Waals surface area contributed by atoms with Crippen molar-refractivity contribution >= 4 is 5.69 Å². The molecule has 0 spiro atoms. The molecule has 0 bridgehead atoms. The van der Waals surface area contributed by atoms with Gasteiger partial charge in [0.2, 0.25) is 0 Å². The summed E-state index contributed by atoms with van der Waals surface area (Å²) >= 11 is 0. The molecule has 0 radical (unpaired) electrons. The van der Waals surface area contributed by atoms with E-state index >= 15 is 0 Å². The zero-order chi connectivity index (χ0) is 10.0. The van der Waals surface area contributed by atoms with Crippen LogP contribution < -0.4 is 5.73 Å². The zero-order valence-electron chi connectivity index (χ0n) is 8.65. The van der Waals surface area contributed by atoms with Crippen molar-refractivity contribution in [1.29, 1.82) is 0 Å². The standard InChI is InChI=1S/C12H17N/c1-5-6-11-8(2)7-9(3)12(13)10(11)4/h5,7H,1,6,13H2,2-4H3. The van der Waals surface area contributed by atoms with Crippen LogP contribution in [0.25, 0.3) is 0 Å². The average molecular weight is 175 g/mol. The topological polar surface area (TPSA) is 26.0 Å². The quantitative estimate of drug-likeness (QED) is 0.543. The lowest BCUT2D eigenvalue weighted by Gasteiger charge is -2.12. The first-order valence-electron chi connectivity index (χ1n) is 4.54. The van der Waals surface area contributed by atoms with Gasteiger partial charge in [0.1, 0.15) is 0 Å². The number of hydrogen-bond donors (Lipinski definition) is 1. The Bertz CT molecular complexity index is 337. The van der Waals surface area contributed by atoms with E-state index in [4.69, 9.17) is 5.73 Å². The average Bonchev–Trinajstić information content (AvgIpc) is 2.09. The molecule has 0 unspecified atom stereocenters. The van der Waals surface area contributed by atoms with Crippen molar-refractivity contribution in [1.82, 2.24) is 0 Å². The summed E-state index contributed by atoms with van der Waals surface area (Å²) in [6.45, 7) is 10.00. The van der Waals surface area contributed by atoms with Gasteiger partial charge in [0.15, 0.2) is 0 Å². The van der Waals surface area contributed by atoms with Crippen LogP contribution in [0.5, 0.6) is 0 Å². The van der Waals surface area contributed by atoms with Crippen LogP contribution >= 0.6 is 0 Å². The van der Waals surface area contributed by atoms with E-state index in [1.54, 1.807) is 0 Å². The Balaban J connectivity index is 3.34. The minimum absolute atomic E-state index is 0.905. The summed E-state index contributed by atoms with van der Waals surface area (Å²) in [5.41, 5.74) is 11.9. The number of benzene rings is 1. The molecule has 0 aliphatic heterocycles. The minimum Gasteiger partial charge on any atom is -0.398 e. The number of nitrogens with two attached hydrogens (primary N) is 1. The predicted molar refractivity (Wildman–Crippen MR) is 59.0 cm³/mol. The van der Waals surface area contributed by atoms with Crippen LogP contribution in [0.2, 0.25) is 0 Å². The maximum absolute atomic E-state index is 5.95. The second-order valence-electron chi connectivity index (χ2n) is 3.52. The third-order valence-corrected chi connectivity index (χ3v) is 2.54. The molecule has 1 rings (SSSR count). The predicted octanol–water partition coefficient (Wildman–Crippen LogP) is 2.92. The number of aryl methyl sites for hydroxylation is 2. The summed E-state index contributed by atoms with van der Waals surface area (Å²) in [6, 6.07) is 2.14.